The molecule has 0 radical (unpaired) electrons. The third-order valence-electron chi connectivity index (χ3n) is 5.09. The van der Waals surface area contributed by atoms with E-state index in [1.807, 2.05) is 12.1 Å². The molecule has 8 heteroatoms. The zero-order valence-corrected chi connectivity index (χ0v) is 17.0. The van der Waals surface area contributed by atoms with Gasteiger partial charge in [0.2, 0.25) is 5.91 Å². The minimum Gasteiger partial charge on any atom is -0.497 e. The van der Waals surface area contributed by atoms with E-state index in [9.17, 15) is 9.59 Å². The molecular formula is C22H19N3O4S. The molecule has 1 saturated heterocycles. The number of nitriles is 1. The lowest BCUT2D eigenvalue weighted by molar-refractivity contribution is -0.151. The molecule has 0 aromatic heterocycles. The third-order valence-corrected chi connectivity index (χ3v) is 6.40. The number of β-lactam (4-membered cyclic amide) rings is 1. The Kier molecular flexibility index (Phi) is 5.48. The van der Waals surface area contributed by atoms with Crippen LogP contribution in [-0.4, -0.2) is 41.1 Å². The SMILES string of the molecule is COc1ccc(COC(=O)C2=C(c3ccc(C#N)cc3)CS[C@H]3[C@H](N)C(=O)N23)cc1. The highest BCUT2D eigenvalue weighted by Gasteiger charge is 2.52. The Morgan fingerprint density at radius 1 is 1.23 bits per heavy atom. The Labute approximate surface area is 178 Å². The molecule has 2 aromatic rings. The van der Waals surface area contributed by atoms with Gasteiger partial charge in [0.15, 0.2) is 0 Å². The first-order chi connectivity index (χ1) is 14.5. The van der Waals surface area contributed by atoms with Gasteiger partial charge >= 0.3 is 5.97 Å². The fourth-order valence-corrected chi connectivity index (χ4v) is 4.73. The minimum atomic E-state index is -0.623. The van der Waals surface area contributed by atoms with E-state index in [1.165, 1.54) is 16.7 Å². The molecule has 2 atom stereocenters. The van der Waals surface area contributed by atoms with Gasteiger partial charge in [-0.25, -0.2) is 4.79 Å². The summed E-state index contributed by atoms with van der Waals surface area (Å²) in [5.41, 5.74) is 8.93. The van der Waals surface area contributed by atoms with Gasteiger partial charge in [-0.05, 0) is 35.4 Å². The van der Waals surface area contributed by atoms with Crippen LogP contribution >= 0.6 is 11.8 Å². The van der Waals surface area contributed by atoms with E-state index in [4.69, 9.17) is 20.5 Å². The average Bonchev–Trinajstić information content (AvgIpc) is 2.81. The number of hydrogen-bond donors (Lipinski definition) is 1. The first-order valence-corrected chi connectivity index (χ1v) is 10.3. The smallest absolute Gasteiger partial charge is 0.355 e. The predicted molar refractivity (Wildman–Crippen MR) is 112 cm³/mol. The fourth-order valence-electron chi connectivity index (χ4n) is 3.41. The number of esters is 1. The quantitative estimate of drug-likeness (QED) is 0.583. The first-order valence-electron chi connectivity index (χ1n) is 9.27. The summed E-state index contributed by atoms with van der Waals surface area (Å²) in [4.78, 5) is 26.9. The van der Waals surface area contributed by atoms with Crippen LogP contribution in [-0.2, 0) is 20.9 Å². The lowest BCUT2D eigenvalue weighted by Gasteiger charge is -2.48. The van der Waals surface area contributed by atoms with Crippen LogP contribution in [0.3, 0.4) is 0 Å². The maximum absolute atomic E-state index is 13.0. The highest BCUT2D eigenvalue weighted by atomic mass is 32.2. The van der Waals surface area contributed by atoms with E-state index in [1.54, 1.807) is 43.5 Å². The fraction of sp³-hybridized carbons (Fsp3) is 0.227. The highest BCUT2D eigenvalue weighted by Crippen LogP contribution is 2.43. The Hall–Kier alpha value is -3.28. The number of nitrogens with zero attached hydrogens (tertiary/aromatic N) is 2. The number of hydrogen-bond acceptors (Lipinski definition) is 7. The second kappa shape index (κ2) is 8.22. The molecule has 152 valence electrons. The number of carbonyl (C=O) groups is 2. The van der Waals surface area contributed by atoms with Crippen molar-refractivity contribution in [3.63, 3.8) is 0 Å². The van der Waals surface area contributed by atoms with Crippen LogP contribution in [0.4, 0.5) is 0 Å². The number of thioether (sulfide) groups is 1. The molecule has 2 aromatic carbocycles. The van der Waals surface area contributed by atoms with E-state index in [2.05, 4.69) is 6.07 Å². The molecule has 2 heterocycles. The van der Waals surface area contributed by atoms with Gasteiger partial charge < -0.3 is 15.2 Å². The molecule has 2 aliphatic rings. The average molecular weight is 421 g/mol. The largest absolute Gasteiger partial charge is 0.497 e. The van der Waals surface area contributed by atoms with Crippen LogP contribution in [0.15, 0.2) is 54.2 Å². The molecule has 0 spiro atoms. The number of nitrogens with two attached hydrogens (primary N) is 1. The van der Waals surface area contributed by atoms with Gasteiger partial charge in [0, 0.05) is 11.3 Å². The minimum absolute atomic E-state index is 0.0683. The molecule has 1 amide bonds. The molecule has 30 heavy (non-hydrogen) atoms. The zero-order chi connectivity index (χ0) is 21.3. The van der Waals surface area contributed by atoms with Crippen LogP contribution in [0.25, 0.3) is 5.57 Å². The summed E-state index contributed by atoms with van der Waals surface area (Å²) < 4.78 is 10.7. The molecule has 0 aliphatic carbocycles. The molecule has 4 rings (SSSR count). The number of benzene rings is 2. The van der Waals surface area contributed by atoms with Gasteiger partial charge in [-0.1, -0.05) is 24.3 Å². The summed E-state index contributed by atoms with van der Waals surface area (Å²) in [7, 11) is 1.58. The highest BCUT2D eigenvalue weighted by molar-refractivity contribution is 8.00. The van der Waals surface area contributed by atoms with Gasteiger partial charge in [-0.2, -0.15) is 5.26 Å². The van der Waals surface area contributed by atoms with Gasteiger partial charge in [0.25, 0.3) is 0 Å². The van der Waals surface area contributed by atoms with Crippen molar-refractivity contribution >= 4 is 29.2 Å². The van der Waals surface area contributed by atoms with E-state index in [0.29, 0.717) is 22.6 Å². The standard InChI is InChI=1S/C22H19N3O4S/c1-28-16-8-4-14(5-9-16)11-29-22(27)19-17(15-6-2-13(10-23)3-7-15)12-30-21-18(24)20(26)25(19)21/h2-9,18,21H,11-12,24H2,1H3/t18-,21+/m1/s1. The Morgan fingerprint density at radius 2 is 1.93 bits per heavy atom. The van der Waals surface area contributed by atoms with Crippen molar-refractivity contribution in [1.29, 1.82) is 5.26 Å². The topological polar surface area (TPSA) is 106 Å². The van der Waals surface area contributed by atoms with Gasteiger partial charge in [-0.15, -0.1) is 11.8 Å². The first kappa shape index (κ1) is 20.0. The molecular weight excluding hydrogens is 402 g/mol. The van der Waals surface area contributed by atoms with Crippen molar-refractivity contribution < 1.29 is 19.1 Å². The maximum atomic E-state index is 13.0. The second-order valence-corrected chi connectivity index (χ2v) is 7.98. The maximum Gasteiger partial charge on any atom is 0.355 e. The number of fused-ring (bicyclic) bond motifs is 1. The third kappa shape index (κ3) is 3.54. The second-order valence-electron chi connectivity index (χ2n) is 6.88. The molecule has 2 N–H and O–H groups in total. The van der Waals surface area contributed by atoms with E-state index < -0.39 is 12.0 Å². The van der Waals surface area contributed by atoms with Crippen molar-refractivity contribution in [1.82, 2.24) is 4.90 Å². The summed E-state index contributed by atoms with van der Waals surface area (Å²) in [6, 6.07) is 15.6. The summed E-state index contributed by atoms with van der Waals surface area (Å²) >= 11 is 1.51. The van der Waals surface area contributed by atoms with Crippen LogP contribution in [0.5, 0.6) is 5.75 Å². The Balaban J connectivity index is 1.63. The number of carbonyl (C=O) groups excluding carboxylic acids is 2. The molecule has 0 bridgehead atoms. The summed E-state index contributed by atoms with van der Waals surface area (Å²) in [5, 5.41) is 8.75. The van der Waals surface area contributed by atoms with Crippen LogP contribution in [0.2, 0.25) is 0 Å². The van der Waals surface area contributed by atoms with E-state index in [0.717, 1.165) is 11.1 Å². The number of ether oxygens (including phenoxy) is 2. The molecule has 1 fully saturated rings. The number of rotatable bonds is 5. The Bertz CT molecular complexity index is 1060. The van der Waals surface area contributed by atoms with Crippen LogP contribution in [0, 0.1) is 11.3 Å². The van der Waals surface area contributed by atoms with Crippen molar-refractivity contribution in [2.24, 2.45) is 5.73 Å². The molecule has 0 unspecified atom stereocenters. The summed E-state index contributed by atoms with van der Waals surface area (Å²) in [6.45, 7) is 0.0683. The van der Waals surface area contributed by atoms with Gasteiger partial charge in [0.05, 0.1) is 18.7 Å². The number of methoxy groups -OCH3 is 1. The molecule has 0 saturated carbocycles. The molecule has 7 nitrogen and oxygen atoms in total. The van der Waals surface area contributed by atoms with E-state index >= 15 is 0 Å². The lowest BCUT2D eigenvalue weighted by Crippen LogP contribution is -2.68. The lowest BCUT2D eigenvalue weighted by atomic mass is 9.98. The zero-order valence-electron chi connectivity index (χ0n) is 16.2. The Morgan fingerprint density at radius 3 is 2.57 bits per heavy atom. The normalized spacial score (nSPS) is 20.2. The van der Waals surface area contributed by atoms with Crippen LogP contribution in [0.1, 0.15) is 16.7 Å². The van der Waals surface area contributed by atoms with Crippen molar-refractivity contribution in [2.75, 3.05) is 12.9 Å². The van der Waals surface area contributed by atoms with Crippen molar-refractivity contribution in [3.8, 4) is 11.8 Å². The summed E-state index contributed by atoms with van der Waals surface area (Å²) in [5.74, 6) is 0.356. The van der Waals surface area contributed by atoms with Gasteiger partial charge in [0.1, 0.15) is 29.5 Å². The monoisotopic (exact) mass is 421 g/mol. The van der Waals surface area contributed by atoms with Gasteiger partial charge in [-0.3, -0.25) is 9.69 Å². The summed E-state index contributed by atoms with van der Waals surface area (Å²) in [6.07, 6.45) is 0. The van der Waals surface area contributed by atoms with Crippen molar-refractivity contribution in [2.45, 2.75) is 18.0 Å². The van der Waals surface area contributed by atoms with E-state index in [-0.39, 0.29) is 23.6 Å². The molecule has 2 aliphatic heterocycles. The number of amides is 1. The predicted octanol–water partition coefficient (Wildman–Crippen LogP) is 2.26. The van der Waals surface area contributed by atoms with Crippen LogP contribution < -0.4 is 10.5 Å². The van der Waals surface area contributed by atoms with Crippen molar-refractivity contribution in [3.05, 3.63) is 70.9 Å².